The Morgan fingerprint density at radius 2 is 1.73 bits per heavy atom. The van der Waals surface area contributed by atoms with Crippen LogP contribution in [0.1, 0.15) is 35.6 Å². The quantitative estimate of drug-likeness (QED) is 0.769. The fourth-order valence-corrected chi connectivity index (χ4v) is 4.70. The Kier molecular flexibility index (Phi) is 6.23. The zero-order valence-corrected chi connectivity index (χ0v) is 17.4. The van der Waals surface area contributed by atoms with Crippen LogP contribution in [0, 0.1) is 5.92 Å². The van der Waals surface area contributed by atoms with E-state index in [0.717, 1.165) is 36.4 Å². The van der Waals surface area contributed by atoms with E-state index in [1.165, 1.54) is 9.21 Å². The summed E-state index contributed by atoms with van der Waals surface area (Å²) in [5.74, 6) is 0.125. The molecule has 1 N–H and O–H groups in total. The maximum absolute atomic E-state index is 12.7. The lowest BCUT2D eigenvalue weighted by Crippen LogP contribution is -2.50. The molecule has 3 rings (SSSR count). The van der Waals surface area contributed by atoms with Gasteiger partial charge in [0.25, 0.3) is 5.91 Å². The molecule has 0 aliphatic carbocycles. The predicted octanol–water partition coefficient (Wildman–Crippen LogP) is 2.77. The number of piperazine rings is 1. The molecular weight excluding hydrogens is 421 g/mol. The van der Waals surface area contributed by atoms with Crippen LogP contribution in [0.25, 0.3) is 0 Å². The van der Waals surface area contributed by atoms with E-state index in [1.54, 1.807) is 6.07 Å². The van der Waals surface area contributed by atoms with Gasteiger partial charge in [0.15, 0.2) is 0 Å². The van der Waals surface area contributed by atoms with Gasteiger partial charge in [-0.25, -0.2) is 8.42 Å². The fourth-order valence-electron chi connectivity index (χ4n) is 3.27. The van der Waals surface area contributed by atoms with Crippen molar-refractivity contribution in [2.24, 2.45) is 5.92 Å². The molecule has 2 aromatic rings. The standard InChI is InChI=1S/C19H23F3N4O3S/c1-13(2)11-15-12-17(24-23-15)18(27)25-7-9-26(10-8-25)30(28,29)16-5-3-14(4-6-16)19(20,21)22/h3-6,12-13H,7-11H2,1-2H3,(H,23,24). The minimum atomic E-state index is -4.53. The summed E-state index contributed by atoms with van der Waals surface area (Å²) in [4.78, 5) is 13.9. The molecule has 2 heterocycles. The Bertz CT molecular complexity index is 993. The van der Waals surface area contributed by atoms with E-state index in [0.29, 0.717) is 5.92 Å². The number of hydrogen-bond donors (Lipinski definition) is 1. The highest BCUT2D eigenvalue weighted by atomic mass is 32.2. The highest BCUT2D eigenvalue weighted by Crippen LogP contribution is 2.30. The molecular formula is C19H23F3N4O3S. The van der Waals surface area contributed by atoms with Gasteiger partial charge >= 0.3 is 6.18 Å². The van der Waals surface area contributed by atoms with Gasteiger partial charge in [0.2, 0.25) is 10.0 Å². The molecule has 1 aromatic carbocycles. The average Bonchev–Trinajstić information content (AvgIpc) is 3.14. The number of sulfonamides is 1. The molecule has 0 unspecified atom stereocenters. The van der Waals surface area contributed by atoms with Crippen molar-refractivity contribution in [3.8, 4) is 0 Å². The first-order valence-corrected chi connectivity index (χ1v) is 10.9. The van der Waals surface area contributed by atoms with Crippen LogP contribution in [0.2, 0.25) is 0 Å². The van der Waals surface area contributed by atoms with E-state index < -0.39 is 21.8 Å². The Hall–Kier alpha value is -2.40. The number of nitrogens with zero attached hydrogens (tertiary/aromatic N) is 3. The van der Waals surface area contributed by atoms with Gasteiger partial charge in [-0.05, 0) is 42.7 Å². The second-order valence-corrected chi connectivity index (χ2v) is 9.53. The number of rotatable bonds is 5. The highest BCUT2D eigenvalue weighted by Gasteiger charge is 2.33. The first-order valence-electron chi connectivity index (χ1n) is 9.49. The lowest BCUT2D eigenvalue weighted by atomic mass is 10.1. The van der Waals surface area contributed by atoms with Gasteiger partial charge in [0.05, 0.1) is 10.5 Å². The number of aromatic amines is 1. The number of amides is 1. The van der Waals surface area contributed by atoms with E-state index >= 15 is 0 Å². The number of H-pyrrole nitrogens is 1. The molecule has 0 saturated carbocycles. The van der Waals surface area contributed by atoms with Crippen molar-refractivity contribution in [2.75, 3.05) is 26.2 Å². The maximum atomic E-state index is 12.7. The second kappa shape index (κ2) is 8.38. The van der Waals surface area contributed by atoms with E-state index in [-0.39, 0.29) is 42.7 Å². The smallest absolute Gasteiger partial charge is 0.335 e. The van der Waals surface area contributed by atoms with Crippen LogP contribution < -0.4 is 0 Å². The van der Waals surface area contributed by atoms with Gasteiger partial charge in [0, 0.05) is 31.9 Å². The van der Waals surface area contributed by atoms with E-state index in [9.17, 15) is 26.4 Å². The molecule has 0 bridgehead atoms. The van der Waals surface area contributed by atoms with Crippen LogP contribution >= 0.6 is 0 Å². The number of carbonyl (C=O) groups excluding carboxylic acids is 1. The molecule has 11 heteroatoms. The first kappa shape index (κ1) is 22.3. The zero-order chi connectivity index (χ0) is 22.1. The number of aromatic nitrogens is 2. The summed E-state index contributed by atoms with van der Waals surface area (Å²) in [6.45, 7) is 4.56. The molecule has 7 nitrogen and oxygen atoms in total. The second-order valence-electron chi connectivity index (χ2n) is 7.59. The summed E-state index contributed by atoms with van der Waals surface area (Å²) in [5, 5.41) is 6.89. The van der Waals surface area contributed by atoms with Crippen molar-refractivity contribution in [3.05, 3.63) is 47.3 Å². The van der Waals surface area contributed by atoms with Gasteiger partial charge < -0.3 is 4.90 Å². The van der Waals surface area contributed by atoms with E-state index in [4.69, 9.17) is 0 Å². The van der Waals surface area contributed by atoms with Crippen molar-refractivity contribution >= 4 is 15.9 Å². The predicted molar refractivity (Wildman–Crippen MR) is 103 cm³/mol. The highest BCUT2D eigenvalue weighted by molar-refractivity contribution is 7.89. The molecule has 0 atom stereocenters. The lowest BCUT2D eigenvalue weighted by Gasteiger charge is -2.33. The summed E-state index contributed by atoms with van der Waals surface area (Å²) in [5.41, 5.74) is 0.231. The SMILES string of the molecule is CC(C)Cc1cc(C(=O)N2CCN(S(=O)(=O)c3ccc(C(F)(F)F)cc3)CC2)n[nH]1. The average molecular weight is 444 g/mol. The van der Waals surface area contributed by atoms with Gasteiger partial charge in [-0.15, -0.1) is 0 Å². The summed E-state index contributed by atoms with van der Waals surface area (Å²) in [6.07, 6.45) is -3.77. The van der Waals surface area contributed by atoms with Crippen molar-refractivity contribution in [3.63, 3.8) is 0 Å². The van der Waals surface area contributed by atoms with Gasteiger partial charge in [-0.2, -0.15) is 22.6 Å². The van der Waals surface area contributed by atoms with Gasteiger partial charge in [0.1, 0.15) is 5.69 Å². The molecule has 0 radical (unpaired) electrons. The summed E-state index contributed by atoms with van der Waals surface area (Å²) in [6, 6.07) is 5.11. The number of alkyl halides is 3. The van der Waals surface area contributed by atoms with Crippen LogP contribution in [0.15, 0.2) is 35.2 Å². The van der Waals surface area contributed by atoms with Crippen molar-refractivity contribution in [1.82, 2.24) is 19.4 Å². The number of carbonyl (C=O) groups is 1. The normalized spacial score (nSPS) is 16.3. The van der Waals surface area contributed by atoms with Crippen LogP contribution in [0.3, 0.4) is 0 Å². The van der Waals surface area contributed by atoms with Crippen LogP contribution in [0.4, 0.5) is 13.2 Å². The zero-order valence-electron chi connectivity index (χ0n) is 16.6. The number of halogens is 3. The molecule has 1 aromatic heterocycles. The van der Waals surface area contributed by atoms with Crippen LogP contribution in [0.5, 0.6) is 0 Å². The summed E-state index contributed by atoms with van der Waals surface area (Å²) < 4.78 is 64.7. The van der Waals surface area contributed by atoms with Crippen molar-refractivity contribution in [1.29, 1.82) is 0 Å². The molecule has 1 aliphatic rings. The Balaban J connectivity index is 1.64. The molecule has 30 heavy (non-hydrogen) atoms. The number of nitrogens with one attached hydrogen (secondary N) is 1. The molecule has 1 saturated heterocycles. The van der Waals surface area contributed by atoms with Crippen molar-refractivity contribution in [2.45, 2.75) is 31.3 Å². The summed E-state index contributed by atoms with van der Waals surface area (Å²) >= 11 is 0. The van der Waals surface area contributed by atoms with Crippen LogP contribution in [-0.2, 0) is 22.6 Å². The molecule has 1 aliphatic heterocycles. The van der Waals surface area contributed by atoms with Crippen molar-refractivity contribution < 1.29 is 26.4 Å². The lowest BCUT2D eigenvalue weighted by molar-refractivity contribution is -0.137. The summed E-state index contributed by atoms with van der Waals surface area (Å²) in [7, 11) is -3.94. The van der Waals surface area contributed by atoms with Crippen LogP contribution in [-0.4, -0.2) is 59.9 Å². The maximum Gasteiger partial charge on any atom is 0.416 e. The third-order valence-electron chi connectivity index (χ3n) is 4.82. The third kappa shape index (κ3) is 4.84. The molecule has 0 spiro atoms. The van der Waals surface area contributed by atoms with Gasteiger partial charge in [-0.1, -0.05) is 13.8 Å². The fraction of sp³-hybridized carbons (Fsp3) is 0.474. The molecule has 1 amide bonds. The third-order valence-corrected chi connectivity index (χ3v) is 6.74. The number of hydrogen-bond acceptors (Lipinski definition) is 4. The Labute approximate surface area is 172 Å². The first-order chi connectivity index (χ1) is 14.0. The monoisotopic (exact) mass is 444 g/mol. The van der Waals surface area contributed by atoms with Gasteiger partial charge in [-0.3, -0.25) is 9.89 Å². The van der Waals surface area contributed by atoms with E-state index in [1.807, 2.05) is 0 Å². The largest absolute Gasteiger partial charge is 0.416 e. The number of benzene rings is 1. The van der Waals surface area contributed by atoms with E-state index in [2.05, 4.69) is 24.0 Å². The molecule has 1 fully saturated rings. The topological polar surface area (TPSA) is 86.4 Å². The Morgan fingerprint density at radius 1 is 1.13 bits per heavy atom. The minimum Gasteiger partial charge on any atom is -0.335 e. The Morgan fingerprint density at radius 3 is 2.27 bits per heavy atom. The minimum absolute atomic E-state index is 0.0539. The molecule has 164 valence electrons.